The molecule has 0 aliphatic carbocycles. The molecule has 0 saturated heterocycles. The second-order valence-electron chi connectivity index (χ2n) is 3.88. The fourth-order valence-corrected chi connectivity index (χ4v) is 1.88. The molecule has 0 saturated carbocycles. The molecular formula is C12H12ClNO. The predicted octanol–water partition coefficient (Wildman–Crippen LogP) is 3.72. The van der Waals surface area contributed by atoms with E-state index in [1.807, 2.05) is 6.07 Å². The molecule has 2 aromatic rings. The minimum atomic E-state index is 0.249. The molecule has 1 N–H and O–H groups in total. The van der Waals surface area contributed by atoms with Gasteiger partial charge in [0.15, 0.2) is 0 Å². The first-order valence-electron chi connectivity index (χ1n) is 4.86. The third-order valence-corrected chi connectivity index (χ3v) is 2.71. The second kappa shape index (κ2) is 3.70. The van der Waals surface area contributed by atoms with Crippen LogP contribution >= 0.6 is 11.6 Å². The Morgan fingerprint density at radius 1 is 1.27 bits per heavy atom. The van der Waals surface area contributed by atoms with Crippen molar-refractivity contribution in [1.29, 1.82) is 0 Å². The van der Waals surface area contributed by atoms with E-state index in [-0.39, 0.29) is 5.75 Å². The molecule has 1 aromatic carbocycles. The summed E-state index contributed by atoms with van der Waals surface area (Å²) in [5, 5.41) is 11.9. The van der Waals surface area contributed by atoms with E-state index in [0.717, 1.165) is 10.8 Å². The van der Waals surface area contributed by atoms with Crippen molar-refractivity contribution < 1.29 is 5.11 Å². The number of nitrogens with zero attached hydrogens (tertiary/aromatic N) is 1. The van der Waals surface area contributed by atoms with Crippen LogP contribution in [0.4, 0.5) is 0 Å². The van der Waals surface area contributed by atoms with E-state index < -0.39 is 0 Å². The van der Waals surface area contributed by atoms with Crippen molar-refractivity contribution in [3.8, 4) is 5.75 Å². The lowest BCUT2D eigenvalue weighted by Crippen LogP contribution is -1.90. The molecule has 2 rings (SSSR count). The van der Waals surface area contributed by atoms with Crippen molar-refractivity contribution in [2.24, 2.45) is 0 Å². The summed E-state index contributed by atoms with van der Waals surface area (Å²) in [4.78, 5) is 3.97. The summed E-state index contributed by atoms with van der Waals surface area (Å²) in [6, 6.07) is 5.43. The standard InChI is InChI=1S/C12H12ClNO/c1-7(2)8-3-4-11(15)10-6-14-12(13)5-9(8)10/h3-7,15H,1-2H3. The SMILES string of the molecule is CC(C)c1ccc(O)c2cnc(Cl)cc12. The maximum absolute atomic E-state index is 9.69. The normalized spacial score (nSPS) is 11.2. The highest BCUT2D eigenvalue weighted by atomic mass is 35.5. The Hall–Kier alpha value is -1.28. The summed E-state index contributed by atoms with van der Waals surface area (Å²) in [6.07, 6.45) is 1.61. The minimum Gasteiger partial charge on any atom is -0.507 e. The molecule has 0 spiro atoms. The Morgan fingerprint density at radius 2 is 2.00 bits per heavy atom. The molecule has 0 radical (unpaired) electrons. The van der Waals surface area contributed by atoms with E-state index in [2.05, 4.69) is 18.8 Å². The molecule has 1 heterocycles. The average molecular weight is 222 g/mol. The van der Waals surface area contributed by atoms with Gasteiger partial charge in [-0.2, -0.15) is 0 Å². The fourth-order valence-electron chi connectivity index (χ4n) is 1.72. The zero-order valence-electron chi connectivity index (χ0n) is 8.66. The lowest BCUT2D eigenvalue weighted by atomic mass is 9.97. The maximum atomic E-state index is 9.69. The first kappa shape index (κ1) is 10.2. The molecule has 2 nitrogen and oxygen atoms in total. The molecule has 1 aromatic heterocycles. The summed E-state index contributed by atoms with van der Waals surface area (Å²) in [7, 11) is 0. The first-order chi connectivity index (χ1) is 7.09. The monoisotopic (exact) mass is 221 g/mol. The maximum Gasteiger partial charge on any atom is 0.129 e. The molecule has 78 valence electrons. The van der Waals surface area contributed by atoms with Gasteiger partial charge >= 0.3 is 0 Å². The van der Waals surface area contributed by atoms with Gasteiger partial charge in [0.2, 0.25) is 0 Å². The van der Waals surface area contributed by atoms with Gasteiger partial charge in [0.25, 0.3) is 0 Å². The Labute approximate surface area is 93.5 Å². The van der Waals surface area contributed by atoms with Crippen LogP contribution in [0.5, 0.6) is 5.75 Å². The first-order valence-corrected chi connectivity index (χ1v) is 5.24. The molecule has 3 heteroatoms. The van der Waals surface area contributed by atoms with Gasteiger partial charge in [0, 0.05) is 11.6 Å². The van der Waals surface area contributed by atoms with E-state index in [1.54, 1.807) is 18.3 Å². The smallest absolute Gasteiger partial charge is 0.129 e. The average Bonchev–Trinajstić information content (AvgIpc) is 2.17. The van der Waals surface area contributed by atoms with Gasteiger partial charge in [-0.15, -0.1) is 0 Å². The van der Waals surface area contributed by atoms with Gasteiger partial charge in [0.05, 0.1) is 0 Å². The molecular weight excluding hydrogens is 210 g/mol. The molecule has 0 unspecified atom stereocenters. The fraction of sp³-hybridized carbons (Fsp3) is 0.250. The quantitative estimate of drug-likeness (QED) is 0.745. The van der Waals surface area contributed by atoms with Crippen LogP contribution in [-0.4, -0.2) is 10.1 Å². The van der Waals surface area contributed by atoms with Crippen molar-refractivity contribution in [1.82, 2.24) is 4.98 Å². The zero-order valence-corrected chi connectivity index (χ0v) is 9.42. The number of hydrogen-bond acceptors (Lipinski definition) is 2. The molecule has 0 amide bonds. The highest BCUT2D eigenvalue weighted by molar-refractivity contribution is 6.30. The van der Waals surface area contributed by atoms with Crippen LogP contribution in [0.1, 0.15) is 25.3 Å². The topological polar surface area (TPSA) is 33.1 Å². The molecule has 15 heavy (non-hydrogen) atoms. The lowest BCUT2D eigenvalue weighted by Gasteiger charge is -2.10. The van der Waals surface area contributed by atoms with Gasteiger partial charge in [-0.25, -0.2) is 4.98 Å². The number of aromatic nitrogens is 1. The van der Waals surface area contributed by atoms with Crippen molar-refractivity contribution >= 4 is 22.4 Å². The summed E-state index contributed by atoms with van der Waals surface area (Å²) < 4.78 is 0. The van der Waals surface area contributed by atoms with Gasteiger partial charge in [-0.3, -0.25) is 0 Å². The molecule has 0 aliphatic heterocycles. The molecule has 0 fully saturated rings. The number of phenols is 1. The van der Waals surface area contributed by atoms with Crippen LogP contribution in [0.3, 0.4) is 0 Å². The van der Waals surface area contributed by atoms with Gasteiger partial charge < -0.3 is 5.11 Å². The van der Waals surface area contributed by atoms with E-state index in [0.29, 0.717) is 11.1 Å². The molecule has 0 bridgehead atoms. The summed E-state index contributed by atoms with van der Waals surface area (Å²) in [6.45, 7) is 4.22. The zero-order chi connectivity index (χ0) is 11.0. The van der Waals surface area contributed by atoms with Gasteiger partial charge in [0.1, 0.15) is 10.9 Å². The van der Waals surface area contributed by atoms with E-state index in [1.165, 1.54) is 5.56 Å². The number of aromatic hydroxyl groups is 1. The van der Waals surface area contributed by atoms with Crippen molar-refractivity contribution in [3.05, 3.63) is 35.1 Å². The summed E-state index contributed by atoms with van der Waals surface area (Å²) >= 11 is 5.85. The Morgan fingerprint density at radius 3 is 2.67 bits per heavy atom. The van der Waals surface area contributed by atoms with Crippen LogP contribution < -0.4 is 0 Å². The largest absolute Gasteiger partial charge is 0.507 e. The highest BCUT2D eigenvalue weighted by Crippen LogP contribution is 2.32. The van der Waals surface area contributed by atoms with Crippen LogP contribution in [0, 0.1) is 0 Å². The van der Waals surface area contributed by atoms with Gasteiger partial charge in [-0.05, 0) is 29.0 Å². The van der Waals surface area contributed by atoms with Crippen LogP contribution in [-0.2, 0) is 0 Å². The number of halogens is 1. The lowest BCUT2D eigenvalue weighted by molar-refractivity contribution is 0.481. The van der Waals surface area contributed by atoms with Crippen molar-refractivity contribution in [2.75, 3.05) is 0 Å². The third-order valence-electron chi connectivity index (χ3n) is 2.50. The van der Waals surface area contributed by atoms with Crippen molar-refractivity contribution in [3.63, 3.8) is 0 Å². The predicted molar refractivity (Wildman–Crippen MR) is 62.5 cm³/mol. The Balaban J connectivity index is 2.84. The number of benzene rings is 1. The van der Waals surface area contributed by atoms with Crippen molar-refractivity contribution in [2.45, 2.75) is 19.8 Å². The molecule has 0 atom stereocenters. The number of pyridine rings is 1. The summed E-state index contributed by atoms with van der Waals surface area (Å²) in [5.41, 5.74) is 1.17. The number of rotatable bonds is 1. The minimum absolute atomic E-state index is 0.249. The Kier molecular flexibility index (Phi) is 2.53. The van der Waals surface area contributed by atoms with Gasteiger partial charge in [-0.1, -0.05) is 31.5 Å². The van der Waals surface area contributed by atoms with Crippen LogP contribution in [0.15, 0.2) is 24.4 Å². The summed E-state index contributed by atoms with van der Waals surface area (Å²) in [5.74, 6) is 0.644. The van der Waals surface area contributed by atoms with E-state index in [4.69, 9.17) is 11.6 Å². The number of fused-ring (bicyclic) bond motifs is 1. The third kappa shape index (κ3) is 1.77. The van der Waals surface area contributed by atoms with Crippen LogP contribution in [0.2, 0.25) is 5.15 Å². The second-order valence-corrected chi connectivity index (χ2v) is 4.27. The highest BCUT2D eigenvalue weighted by Gasteiger charge is 2.09. The number of phenolic OH excluding ortho intramolecular Hbond substituents is 1. The molecule has 0 aliphatic rings. The van der Waals surface area contributed by atoms with E-state index >= 15 is 0 Å². The van der Waals surface area contributed by atoms with E-state index in [9.17, 15) is 5.11 Å². The van der Waals surface area contributed by atoms with Crippen LogP contribution in [0.25, 0.3) is 10.8 Å². The number of hydrogen-bond donors (Lipinski definition) is 1. The Bertz CT molecular complexity index is 508.